The fraction of sp³-hybridized carbons (Fsp3) is 0.750. The van der Waals surface area contributed by atoms with Gasteiger partial charge in [-0.3, -0.25) is 0 Å². The Morgan fingerprint density at radius 2 is 2.07 bits per heavy atom. The highest BCUT2D eigenvalue weighted by Gasteiger charge is 2.26. The minimum absolute atomic E-state index is 0.110. The van der Waals surface area contributed by atoms with Crippen LogP contribution in [0.3, 0.4) is 0 Å². The van der Waals surface area contributed by atoms with Crippen LogP contribution in [-0.4, -0.2) is 9.55 Å². The Morgan fingerprint density at radius 3 is 2.67 bits per heavy atom. The van der Waals surface area contributed by atoms with Gasteiger partial charge < -0.3 is 10.3 Å². The largest absolute Gasteiger partial charge is 0.331 e. The molecule has 1 aliphatic rings. The summed E-state index contributed by atoms with van der Waals surface area (Å²) in [6.07, 6.45) is 3.65. The molecule has 1 aliphatic heterocycles. The molecule has 0 unspecified atom stereocenters. The lowest BCUT2D eigenvalue weighted by Crippen LogP contribution is -2.19. The van der Waals surface area contributed by atoms with Crippen molar-refractivity contribution in [2.24, 2.45) is 5.73 Å². The summed E-state index contributed by atoms with van der Waals surface area (Å²) >= 11 is 0. The summed E-state index contributed by atoms with van der Waals surface area (Å²) < 4.78 is 2.34. The Balaban J connectivity index is 2.51. The first-order valence-electron chi connectivity index (χ1n) is 5.83. The maximum absolute atomic E-state index is 5.86. The van der Waals surface area contributed by atoms with Crippen molar-refractivity contribution in [1.82, 2.24) is 9.55 Å². The lowest BCUT2D eigenvalue weighted by Gasteiger charge is -2.19. The Kier molecular flexibility index (Phi) is 2.59. The topological polar surface area (TPSA) is 43.8 Å². The SMILES string of the molecule is CC(C)(C)c1nc2n(c1CN)CCCC2. The smallest absolute Gasteiger partial charge is 0.109 e. The molecular formula is C12H21N3. The normalized spacial score (nSPS) is 16.5. The molecule has 2 rings (SSSR count). The molecule has 0 radical (unpaired) electrons. The second-order valence-electron chi connectivity index (χ2n) is 5.39. The third kappa shape index (κ3) is 1.81. The first kappa shape index (κ1) is 10.7. The molecule has 0 amide bonds. The predicted molar refractivity (Wildman–Crippen MR) is 61.8 cm³/mol. The van der Waals surface area contributed by atoms with E-state index in [1.54, 1.807) is 0 Å². The van der Waals surface area contributed by atoms with Crippen molar-refractivity contribution in [3.8, 4) is 0 Å². The maximum atomic E-state index is 5.86. The number of fused-ring (bicyclic) bond motifs is 1. The molecule has 2 heterocycles. The second kappa shape index (κ2) is 3.63. The van der Waals surface area contributed by atoms with Crippen LogP contribution in [0.2, 0.25) is 0 Å². The Labute approximate surface area is 91.7 Å². The number of aryl methyl sites for hydroxylation is 1. The van der Waals surface area contributed by atoms with Crippen LogP contribution >= 0.6 is 0 Å². The van der Waals surface area contributed by atoms with Crippen LogP contribution in [0.4, 0.5) is 0 Å². The summed E-state index contributed by atoms with van der Waals surface area (Å²) in [4.78, 5) is 4.78. The standard InChI is InChI=1S/C12H21N3/c1-12(2,3)11-9(8-13)15-7-5-4-6-10(15)14-11/h4-8,13H2,1-3H3. The number of hydrogen-bond acceptors (Lipinski definition) is 2. The highest BCUT2D eigenvalue weighted by molar-refractivity contribution is 5.25. The zero-order chi connectivity index (χ0) is 11.1. The summed E-state index contributed by atoms with van der Waals surface area (Å²) in [5, 5.41) is 0. The molecule has 15 heavy (non-hydrogen) atoms. The van der Waals surface area contributed by atoms with Gasteiger partial charge in [0, 0.05) is 24.9 Å². The van der Waals surface area contributed by atoms with Crippen molar-refractivity contribution in [2.45, 2.75) is 58.5 Å². The van der Waals surface area contributed by atoms with Gasteiger partial charge in [0.1, 0.15) is 5.82 Å². The van der Waals surface area contributed by atoms with E-state index < -0.39 is 0 Å². The number of imidazole rings is 1. The quantitative estimate of drug-likeness (QED) is 0.765. The van der Waals surface area contributed by atoms with Gasteiger partial charge in [0.2, 0.25) is 0 Å². The lowest BCUT2D eigenvalue weighted by atomic mass is 9.90. The van der Waals surface area contributed by atoms with Gasteiger partial charge in [-0.15, -0.1) is 0 Å². The van der Waals surface area contributed by atoms with Crippen LogP contribution in [0, 0.1) is 0 Å². The van der Waals surface area contributed by atoms with Crippen molar-refractivity contribution in [1.29, 1.82) is 0 Å². The Morgan fingerprint density at radius 1 is 1.33 bits per heavy atom. The van der Waals surface area contributed by atoms with Crippen LogP contribution in [0.5, 0.6) is 0 Å². The van der Waals surface area contributed by atoms with Gasteiger partial charge >= 0.3 is 0 Å². The lowest BCUT2D eigenvalue weighted by molar-refractivity contribution is 0.507. The van der Waals surface area contributed by atoms with E-state index >= 15 is 0 Å². The van der Waals surface area contributed by atoms with Crippen LogP contribution in [0.15, 0.2) is 0 Å². The van der Waals surface area contributed by atoms with Crippen molar-refractivity contribution >= 4 is 0 Å². The number of nitrogens with zero attached hydrogens (tertiary/aromatic N) is 2. The van der Waals surface area contributed by atoms with Crippen LogP contribution in [0.1, 0.15) is 50.8 Å². The van der Waals surface area contributed by atoms with Crippen molar-refractivity contribution < 1.29 is 0 Å². The van der Waals surface area contributed by atoms with Crippen LogP contribution < -0.4 is 5.73 Å². The maximum Gasteiger partial charge on any atom is 0.109 e. The molecule has 2 N–H and O–H groups in total. The molecule has 1 aromatic heterocycles. The minimum atomic E-state index is 0.110. The van der Waals surface area contributed by atoms with E-state index in [1.165, 1.54) is 30.1 Å². The van der Waals surface area contributed by atoms with Crippen LogP contribution in [-0.2, 0) is 24.9 Å². The monoisotopic (exact) mass is 207 g/mol. The average Bonchev–Trinajstić information content (AvgIpc) is 2.55. The van der Waals surface area contributed by atoms with Gasteiger partial charge in [-0.05, 0) is 12.8 Å². The molecule has 3 heteroatoms. The molecular weight excluding hydrogens is 186 g/mol. The van der Waals surface area contributed by atoms with Crippen molar-refractivity contribution in [3.05, 3.63) is 17.2 Å². The van der Waals surface area contributed by atoms with E-state index in [0.717, 1.165) is 13.0 Å². The molecule has 0 aliphatic carbocycles. The Bertz CT molecular complexity index is 358. The Hall–Kier alpha value is -0.830. The van der Waals surface area contributed by atoms with E-state index in [0.29, 0.717) is 6.54 Å². The summed E-state index contributed by atoms with van der Waals surface area (Å²) in [6.45, 7) is 8.34. The number of nitrogens with two attached hydrogens (primary N) is 1. The summed E-state index contributed by atoms with van der Waals surface area (Å²) in [5.74, 6) is 1.24. The summed E-state index contributed by atoms with van der Waals surface area (Å²) in [6, 6.07) is 0. The highest BCUT2D eigenvalue weighted by atomic mass is 15.1. The van der Waals surface area contributed by atoms with Gasteiger partial charge in [0.15, 0.2) is 0 Å². The number of aromatic nitrogens is 2. The van der Waals surface area contributed by atoms with Gasteiger partial charge in [0.05, 0.1) is 11.4 Å². The molecule has 1 aromatic rings. The van der Waals surface area contributed by atoms with E-state index in [2.05, 4.69) is 25.3 Å². The number of hydrogen-bond donors (Lipinski definition) is 1. The minimum Gasteiger partial charge on any atom is -0.331 e. The average molecular weight is 207 g/mol. The van der Waals surface area contributed by atoms with E-state index in [4.69, 9.17) is 10.7 Å². The van der Waals surface area contributed by atoms with Gasteiger partial charge in [-0.2, -0.15) is 0 Å². The first-order chi connectivity index (χ1) is 7.04. The van der Waals surface area contributed by atoms with E-state index in [1.807, 2.05) is 0 Å². The first-order valence-corrected chi connectivity index (χ1v) is 5.83. The second-order valence-corrected chi connectivity index (χ2v) is 5.39. The van der Waals surface area contributed by atoms with Gasteiger partial charge in [-0.1, -0.05) is 20.8 Å². The van der Waals surface area contributed by atoms with Gasteiger partial charge in [-0.25, -0.2) is 4.98 Å². The third-order valence-corrected chi connectivity index (χ3v) is 3.09. The van der Waals surface area contributed by atoms with Crippen molar-refractivity contribution in [3.63, 3.8) is 0 Å². The van der Waals surface area contributed by atoms with E-state index in [-0.39, 0.29) is 5.41 Å². The van der Waals surface area contributed by atoms with Crippen LogP contribution in [0.25, 0.3) is 0 Å². The van der Waals surface area contributed by atoms with Crippen molar-refractivity contribution in [2.75, 3.05) is 0 Å². The highest BCUT2D eigenvalue weighted by Crippen LogP contribution is 2.28. The molecule has 0 aromatic carbocycles. The summed E-state index contributed by atoms with van der Waals surface area (Å²) in [7, 11) is 0. The molecule has 0 saturated carbocycles. The van der Waals surface area contributed by atoms with Gasteiger partial charge in [0.25, 0.3) is 0 Å². The molecule has 0 saturated heterocycles. The third-order valence-electron chi connectivity index (χ3n) is 3.09. The zero-order valence-corrected chi connectivity index (χ0v) is 10.0. The zero-order valence-electron chi connectivity index (χ0n) is 10.0. The number of rotatable bonds is 1. The molecule has 0 atom stereocenters. The summed E-state index contributed by atoms with van der Waals surface area (Å²) in [5.41, 5.74) is 8.41. The van der Waals surface area contributed by atoms with E-state index in [9.17, 15) is 0 Å². The molecule has 84 valence electrons. The molecule has 0 fully saturated rings. The predicted octanol–water partition coefficient (Wildman–Crippen LogP) is 1.98. The molecule has 0 bridgehead atoms. The fourth-order valence-corrected chi connectivity index (χ4v) is 2.35. The molecule has 3 nitrogen and oxygen atoms in total. The fourth-order valence-electron chi connectivity index (χ4n) is 2.35. The molecule has 0 spiro atoms.